The topological polar surface area (TPSA) is 46.8 Å². The van der Waals surface area contributed by atoms with Crippen LogP contribution < -0.4 is 0 Å². The molecule has 0 bridgehead atoms. The zero-order chi connectivity index (χ0) is 14.8. The molecule has 0 aromatic carbocycles. The smallest absolute Gasteiger partial charge is 0.153 e. The predicted octanol–water partition coefficient (Wildman–Crippen LogP) is 2.22. The van der Waals surface area contributed by atoms with E-state index >= 15 is 0 Å². The second kappa shape index (κ2) is 5.69. The van der Waals surface area contributed by atoms with E-state index in [0.717, 1.165) is 43.3 Å². The number of rotatable bonds is 3. The van der Waals surface area contributed by atoms with Gasteiger partial charge in [-0.15, -0.1) is 0 Å². The van der Waals surface area contributed by atoms with Gasteiger partial charge in [0.05, 0.1) is 11.4 Å². The molecule has 1 aliphatic heterocycles. The van der Waals surface area contributed by atoms with Gasteiger partial charge in [0.1, 0.15) is 0 Å². The van der Waals surface area contributed by atoms with Crippen molar-refractivity contribution in [2.24, 2.45) is 0 Å². The summed E-state index contributed by atoms with van der Waals surface area (Å²) < 4.78 is 1.88. The molecule has 4 heterocycles. The first-order valence-corrected chi connectivity index (χ1v) is 7.49. The number of hydrogen-bond acceptors (Lipinski definition) is 4. The van der Waals surface area contributed by atoms with E-state index in [-0.39, 0.29) is 0 Å². The van der Waals surface area contributed by atoms with Crippen LogP contribution in [0, 0.1) is 0 Å². The molecule has 0 saturated carbocycles. The van der Waals surface area contributed by atoms with E-state index in [1.807, 2.05) is 41.2 Å². The molecular formula is C17H17N5. The van der Waals surface area contributed by atoms with Gasteiger partial charge in [-0.1, -0.05) is 12.1 Å². The third-order valence-corrected chi connectivity index (χ3v) is 3.94. The van der Waals surface area contributed by atoms with Gasteiger partial charge < -0.3 is 0 Å². The van der Waals surface area contributed by atoms with Gasteiger partial charge in [0.15, 0.2) is 5.82 Å². The summed E-state index contributed by atoms with van der Waals surface area (Å²) in [5.74, 6) is 0.869. The minimum absolute atomic E-state index is 0.867. The Bertz CT molecular complexity index is 751. The SMILES string of the molecule is c1ccc(CN2CCc3cn(-c4ccccn4)nc3C2)nc1. The highest BCUT2D eigenvalue weighted by Crippen LogP contribution is 2.20. The van der Waals surface area contributed by atoms with Crippen LogP contribution >= 0.6 is 0 Å². The molecule has 0 spiro atoms. The van der Waals surface area contributed by atoms with Crippen molar-refractivity contribution in [3.8, 4) is 5.82 Å². The summed E-state index contributed by atoms with van der Waals surface area (Å²) in [5.41, 5.74) is 3.57. The Morgan fingerprint density at radius 2 is 1.86 bits per heavy atom. The highest BCUT2D eigenvalue weighted by atomic mass is 15.3. The Morgan fingerprint density at radius 3 is 2.64 bits per heavy atom. The Hall–Kier alpha value is -2.53. The summed E-state index contributed by atoms with van der Waals surface area (Å²) in [7, 11) is 0. The number of aromatic nitrogens is 4. The first-order chi connectivity index (χ1) is 10.9. The lowest BCUT2D eigenvalue weighted by Crippen LogP contribution is -2.30. The normalized spacial score (nSPS) is 14.7. The molecule has 3 aromatic heterocycles. The van der Waals surface area contributed by atoms with Gasteiger partial charge in [-0.05, 0) is 36.2 Å². The Balaban J connectivity index is 1.53. The van der Waals surface area contributed by atoms with Crippen molar-refractivity contribution in [2.45, 2.75) is 19.5 Å². The molecule has 5 heteroatoms. The Morgan fingerprint density at radius 1 is 1.00 bits per heavy atom. The molecule has 0 atom stereocenters. The summed E-state index contributed by atoms with van der Waals surface area (Å²) in [6, 6.07) is 11.9. The monoisotopic (exact) mass is 291 g/mol. The molecule has 22 heavy (non-hydrogen) atoms. The van der Waals surface area contributed by atoms with Gasteiger partial charge >= 0.3 is 0 Å². The van der Waals surface area contributed by atoms with Gasteiger partial charge in [0.25, 0.3) is 0 Å². The first kappa shape index (κ1) is 13.2. The summed E-state index contributed by atoms with van der Waals surface area (Å²) in [5, 5.41) is 4.70. The van der Waals surface area contributed by atoms with Crippen LogP contribution in [0.5, 0.6) is 0 Å². The minimum atomic E-state index is 0.867. The Kier molecular flexibility index (Phi) is 3.40. The average Bonchev–Trinajstić information content (AvgIpc) is 3.00. The maximum absolute atomic E-state index is 4.70. The number of pyridine rings is 2. The fourth-order valence-corrected chi connectivity index (χ4v) is 2.82. The third kappa shape index (κ3) is 2.63. The van der Waals surface area contributed by atoms with Gasteiger partial charge in [-0.25, -0.2) is 9.67 Å². The zero-order valence-corrected chi connectivity index (χ0v) is 12.3. The van der Waals surface area contributed by atoms with Crippen LogP contribution in [0.4, 0.5) is 0 Å². The molecular weight excluding hydrogens is 274 g/mol. The van der Waals surface area contributed by atoms with Gasteiger partial charge in [0.2, 0.25) is 0 Å². The van der Waals surface area contributed by atoms with Crippen molar-refractivity contribution in [3.05, 3.63) is 71.9 Å². The van der Waals surface area contributed by atoms with Gasteiger partial charge in [-0.3, -0.25) is 9.88 Å². The molecule has 0 unspecified atom stereocenters. The lowest BCUT2D eigenvalue weighted by Gasteiger charge is -2.25. The van der Waals surface area contributed by atoms with E-state index < -0.39 is 0 Å². The summed E-state index contributed by atoms with van der Waals surface area (Å²) >= 11 is 0. The first-order valence-electron chi connectivity index (χ1n) is 7.49. The van der Waals surface area contributed by atoms with Crippen molar-refractivity contribution >= 4 is 0 Å². The van der Waals surface area contributed by atoms with Crippen molar-refractivity contribution in [1.82, 2.24) is 24.6 Å². The van der Waals surface area contributed by atoms with E-state index in [1.54, 1.807) is 6.20 Å². The van der Waals surface area contributed by atoms with Crippen LogP contribution in [0.1, 0.15) is 17.0 Å². The molecule has 0 N–H and O–H groups in total. The minimum Gasteiger partial charge on any atom is -0.291 e. The van der Waals surface area contributed by atoms with Crippen LogP contribution in [0.25, 0.3) is 5.82 Å². The molecule has 110 valence electrons. The van der Waals surface area contributed by atoms with E-state index in [9.17, 15) is 0 Å². The van der Waals surface area contributed by atoms with Crippen LogP contribution in [-0.2, 0) is 19.5 Å². The maximum Gasteiger partial charge on any atom is 0.153 e. The number of hydrogen-bond donors (Lipinski definition) is 0. The molecule has 0 fully saturated rings. The molecule has 3 aromatic rings. The third-order valence-electron chi connectivity index (χ3n) is 3.94. The van der Waals surface area contributed by atoms with Crippen molar-refractivity contribution < 1.29 is 0 Å². The standard InChI is InChI=1S/C17H17N5/c1-3-8-18-15(5-1)12-21-10-7-14-11-22(20-16(14)13-21)17-6-2-4-9-19-17/h1-6,8-9,11H,7,10,12-13H2. The zero-order valence-electron chi connectivity index (χ0n) is 12.3. The molecule has 1 aliphatic rings. The van der Waals surface area contributed by atoms with Crippen molar-refractivity contribution in [1.29, 1.82) is 0 Å². The average molecular weight is 291 g/mol. The number of nitrogens with zero attached hydrogens (tertiary/aromatic N) is 5. The molecule has 4 rings (SSSR count). The lowest BCUT2D eigenvalue weighted by atomic mass is 10.1. The fraction of sp³-hybridized carbons (Fsp3) is 0.235. The highest BCUT2D eigenvalue weighted by Gasteiger charge is 2.20. The molecule has 0 saturated heterocycles. The van der Waals surface area contributed by atoms with Gasteiger partial charge in [-0.2, -0.15) is 5.10 Å². The maximum atomic E-state index is 4.70. The second-order valence-electron chi connectivity index (χ2n) is 5.52. The van der Waals surface area contributed by atoms with Crippen molar-refractivity contribution in [3.63, 3.8) is 0 Å². The van der Waals surface area contributed by atoms with Crippen LogP contribution in [0.2, 0.25) is 0 Å². The molecule has 0 amide bonds. The second-order valence-corrected chi connectivity index (χ2v) is 5.52. The van der Waals surface area contributed by atoms with Crippen LogP contribution in [0.15, 0.2) is 55.0 Å². The lowest BCUT2D eigenvalue weighted by molar-refractivity contribution is 0.239. The van der Waals surface area contributed by atoms with Crippen molar-refractivity contribution in [2.75, 3.05) is 6.54 Å². The summed E-state index contributed by atoms with van der Waals surface area (Å²) in [4.78, 5) is 11.1. The van der Waals surface area contributed by atoms with Gasteiger partial charge in [0, 0.05) is 38.2 Å². The van der Waals surface area contributed by atoms with Crippen LogP contribution in [-0.4, -0.2) is 31.2 Å². The van der Waals surface area contributed by atoms with E-state index in [2.05, 4.69) is 27.1 Å². The highest BCUT2D eigenvalue weighted by molar-refractivity contribution is 5.27. The summed E-state index contributed by atoms with van der Waals surface area (Å²) in [6.45, 7) is 2.78. The van der Waals surface area contributed by atoms with E-state index in [1.165, 1.54) is 5.56 Å². The molecule has 5 nitrogen and oxygen atoms in total. The molecule has 0 radical (unpaired) electrons. The van der Waals surface area contributed by atoms with E-state index in [4.69, 9.17) is 5.10 Å². The van der Waals surface area contributed by atoms with E-state index in [0.29, 0.717) is 0 Å². The number of fused-ring (bicyclic) bond motifs is 1. The molecule has 0 aliphatic carbocycles. The Labute approximate surface area is 129 Å². The largest absolute Gasteiger partial charge is 0.291 e. The fourth-order valence-electron chi connectivity index (χ4n) is 2.82. The predicted molar refractivity (Wildman–Crippen MR) is 83.4 cm³/mol. The van der Waals surface area contributed by atoms with Crippen LogP contribution in [0.3, 0.4) is 0 Å². The summed E-state index contributed by atoms with van der Waals surface area (Å²) in [6.07, 6.45) is 6.77. The quantitative estimate of drug-likeness (QED) is 0.742.